The molecule has 3 nitrogen and oxygen atoms in total. The Morgan fingerprint density at radius 3 is 2.63 bits per heavy atom. The van der Waals surface area contributed by atoms with Gasteiger partial charge in [0.15, 0.2) is 11.6 Å². The molecule has 1 heterocycles. The van der Waals surface area contributed by atoms with Gasteiger partial charge in [-0.25, -0.2) is 4.39 Å². The molecule has 0 unspecified atom stereocenters. The molecule has 0 aliphatic heterocycles. The highest BCUT2D eigenvalue weighted by atomic mass is 19.2. The van der Waals surface area contributed by atoms with Crippen LogP contribution in [0, 0.1) is 25.5 Å². The molecule has 0 saturated heterocycles. The Bertz CT molecular complexity index is 615. The molecule has 0 fully saturated rings. The highest BCUT2D eigenvalue weighted by Crippen LogP contribution is 2.30. The third-order valence-corrected chi connectivity index (χ3v) is 2.76. The number of ether oxygens (including phenoxy) is 1. The number of benzene rings is 1. The van der Waals surface area contributed by atoms with E-state index in [-0.39, 0.29) is 12.3 Å². The standard InChI is InChI=1S/C14H14F2N2O/c1-8-6-13(10(7-17)9(2)18-8)19-12-5-3-4-11(15)14(12)16/h3-6H,7,17H2,1-2H3. The lowest BCUT2D eigenvalue weighted by atomic mass is 10.1. The smallest absolute Gasteiger partial charge is 0.201 e. The van der Waals surface area contributed by atoms with Crippen molar-refractivity contribution in [2.45, 2.75) is 20.4 Å². The van der Waals surface area contributed by atoms with E-state index in [0.29, 0.717) is 17.0 Å². The molecule has 0 bridgehead atoms. The Labute approximate surface area is 110 Å². The lowest BCUT2D eigenvalue weighted by molar-refractivity contribution is 0.412. The summed E-state index contributed by atoms with van der Waals surface area (Å²) in [5.41, 5.74) is 7.75. The fourth-order valence-corrected chi connectivity index (χ4v) is 1.84. The lowest BCUT2D eigenvalue weighted by Gasteiger charge is -2.13. The lowest BCUT2D eigenvalue weighted by Crippen LogP contribution is -2.05. The minimum Gasteiger partial charge on any atom is -0.454 e. The quantitative estimate of drug-likeness (QED) is 0.925. The van der Waals surface area contributed by atoms with Gasteiger partial charge in [0.2, 0.25) is 5.82 Å². The van der Waals surface area contributed by atoms with Gasteiger partial charge in [-0.3, -0.25) is 4.98 Å². The van der Waals surface area contributed by atoms with Crippen LogP contribution in [0.15, 0.2) is 24.3 Å². The Morgan fingerprint density at radius 1 is 1.21 bits per heavy atom. The number of nitrogens with two attached hydrogens (primary N) is 1. The number of pyridine rings is 1. The molecule has 2 aromatic rings. The molecule has 2 N–H and O–H groups in total. The molecule has 0 amide bonds. The van der Waals surface area contributed by atoms with Gasteiger partial charge in [0.25, 0.3) is 0 Å². The van der Waals surface area contributed by atoms with E-state index in [1.807, 2.05) is 0 Å². The van der Waals surface area contributed by atoms with Crippen LogP contribution in [0.3, 0.4) is 0 Å². The zero-order valence-electron chi connectivity index (χ0n) is 10.7. The molecule has 0 aliphatic rings. The van der Waals surface area contributed by atoms with Crippen LogP contribution in [0.5, 0.6) is 11.5 Å². The average Bonchev–Trinajstić information content (AvgIpc) is 2.34. The Balaban J connectivity index is 2.46. The van der Waals surface area contributed by atoms with E-state index >= 15 is 0 Å². The molecule has 2 rings (SSSR count). The third kappa shape index (κ3) is 2.71. The second kappa shape index (κ2) is 5.32. The number of halogens is 2. The van der Waals surface area contributed by atoms with Crippen LogP contribution in [0.25, 0.3) is 0 Å². The van der Waals surface area contributed by atoms with Crippen molar-refractivity contribution in [2.75, 3.05) is 0 Å². The normalized spacial score (nSPS) is 10.6. The minimum absolute atomic E-state index is 0.167. The number of hydrogen-bond donors (Lipinski definition) is 1. The first-order valence-electron chi connectivity index (χ1n) is 5.82. The number of rotatable bonds is 3. The Morgan fingerprint density at radius 2 is 1.95 bits per heavy atom. The first-order chi connectivity index (χ1) is 9.02. The van der Waals surface area contributed by atoms with Crippen molar-refractivity contribution >= 4 is 0 Å². The summed E-state index contributed by atoms with van der Waals surface area (Å²) in [6.45, 7) is 3.80. The van der Waals surface area contributed by atoms with Crippen molar-refractivity contribution in [3.8, 4) is 11.5 Å². The average molecular weight is 264 g/mol. The van der Waals surface area contributed by atoms with Crippen LogP contribution in [-0.2, 0) is 6.54 Å². The topological polar surface area (TPSA) is 48.1 Å². The number of aromatic nitrogens is 1. The largest absolute Gasteiger partial charge is 0.454 e. The van der Waals surface area contributed by atoms with E-state index in [1.165, 1.54) is 12.1 Å². The fourth-order valence-electron chi connectivity index (χ4n) is 1.84. The predicted octanol–water partition coefficient (Wildman–Crippen LogP) is 3.23. The van der Waals surface area contributed by atoms with Gasteiger partial charge >= 0.3 is 0 Å². The molecule has 1 aromatic carbocycles. The Kier molecular flexibility index (Phi) is 3.76. The zero-order valence-corrected chi connectivity index (χ0v) is 10.7. The van der Waals surface area contributed by atoms with E-state index in [4.69, 9.17) is 10.5 Å². The third-order valence-electron chi connectivity index (χ3n) is 2.76. The van der Waals surface area contributed by atoms with Crippen molar-refractivity contribution in [3.05, 3.63) is 52.9 Å². The molecule has 100 valence electrons. The molecule has 5 heteroatoms. The van der Waals surface area contributed by atoms with Crippen molar-refractivity contribution in [1.29, 1.82) is 0 Å². The van der Waals surface area contributed by atoms with E-state index in [0.717, 1.165) is 11.8 Å². The summed E-state index contributed by atoms with van der Waals surface area (Å²) in [4.78, 5) is 4.26. The molecule has 0 saturated carbocycles. The predicted molar refractivity (Wildman–Crippen MR) is 68.0 cm³/mol. The van der Waals surface area contributed by atoms with Gasteiger partial charge in [-0.2, -0.15) is 4.39 Å². The van der Waals surface area contributed by atoms with Crippen molar-refractivity contribution < 1.29 is 13.5 Å². The summed E-state index contributed by atoms with van der Waals surface area (Å²) in [7, 11) is 0. The van der Waals surface area contributed by atoms with Gasteiger partial charge < -0.3 is 10.5 Å². The van der Waals surface area contributed by atoms with Crippen LogP contribution in [0.1, 0.15) is 17.0 Å². The van der Waals surface area contributed by atoms with Crippen LogP contribution >= 0.6 is 0 Å². The van der Waals surface area contributed by atoms with E-state index < -0.39 is 11.6 Å². The molecule has 0 spiro atoms. The van der Waals surface area contributed by atoms with Gasteiger partial charge in [0, 0.05) is 29.6 Å². The maximum atomic E-state index is 13.6. The molecule has 1 aromatic heterocycles. The van der Waals surface area contributed by atoms with Crippen molar-refractivity contribution in [2.24, 2.45) is 5.73 Å². The second-order valence-corrected chi connectivity index (χ2v) is 4.18. The summed E-state index contributed by atoms with van der Waals surface area (Å²) >= 11 is 0. The minimum atomic E-state index is -1.02. The molecule has 0 radical (unpaired) electrons. The summed E-state index contributed by atoms with van der Waals surface area (Å²) < 4.78 is 32.1. The van der Waals surface area contributed by atoms with Crippen molar-refractivity contribution in [1.82, 2.24) is 4.98 Å². The summed E-state index contributed by atoms with van der Waals surface area (Å²) in [5.74, 6) is -1.73. The van der Waals surface area contributed by atoms with Gasteiger partial charge in [-0.1, -0.05) is 6.07 Å². The van der Waals surface area contributed by atoms with Gasteiger partial charge in [-0.05, 0) is 26.0 Å². The van der Waals surface area contributed by atoms with Crippen LogP contribution in [0.2, 0.25) is 0 Å². The fraction of sp³-hybridized carbons (Fsp3) is 0.214. The molecule has 0 aliphatic carbocycles. The maximum absolute atomic E-state index is 13.6. The molecular weight excluding hydrogens is 250 g/mol. The second-order valence-electron chi connectivity index (χ2n) is 4.18. The maximum Gasteiger partial charge on any atom is 0.201 e. The number of aryl methyl sites for hydroxylation is 2. The van der Waals surface area contributed by atoms with Gasteiger partial charge in [-0.15, -0.1) is 0 Å². The highest BCUT2D eigenvalue weighted by Gasteiger charge is 2.13. The SMILES string of the molecule is Cc1cc(Oc2cccc(F)c2F)c(CN)c(C)n1. The molecule has 19 heavy (non-hydrogen) atoms. The number of hydrogen-bond acceptors (Lipinski definition) is 3. The highest BCUT2D eigenvalue weighted by molar-refractivity contribution is 5.41. The Hall–Kier alpha value is -2.01. The monoisotopic (exact) mass is 264 g/mol. The summed E-state index contributed by atoms with van der Waals surface area (Å²) in [5, 5.41) is 0. The van der Waals surface area contributed by atoms with Crippen LogP contribution in [-0.4, -0.2) is 4.98 Å². The van der Waals surface area contributed by atoms with Gasteiger partial charge in [0.05, 0.1) is 0 Å². The first kappa shape index (κ1) is 13.4. The summed E-state index contributed by atoms with van der Waals surface area (Å²) in [6.07, 6.45) is 0. The summed E-state index contributed by atoms with van der Waals surface area (Å²) in [6, 6.07) is 5.44. The van der Waals surface area contributed by atoms with Crippen molar-refractivity contribution in [3.63, 3.8) is 0 Å². The van der Waals surface area contributed by atoms with Gasteiger partial charge in [0.1, 0.15) is 5.75 Å². The zero-order chi connectivity index (χ0) is 14.0. The van der Waals surface area contributed by atoms with E-state index in [1.54, 1.807) is 19.9 Å². The molecular formula is C14H14F2N2O. The van der Waals surface area contributed by atoms with E-state index in [9.17, 15) is 8.78 Å². The van der Waals surface area contributed by atoms with Crippen LogP contribution in [0.4, 0.5) is 8.78 Å². The van der Waals surface area contributed by atoms with Crippen LogP contribution < -0.4 is 10.5 Å². The number of nitrogens with zero attached hydrogens (tertiary/aromatic N) is 1. The molecule has 0 atom stereocenters. The van der Waals surface area contributed by atoms with E-state index in [2.05, 4.69) is 4.98 Å². The first-order valence-corrected chi connectivity index (χ1v) is 5.82.